The van der Waals surface area contributed by atoms with Crippen molar-refractivity contribution in [3.63, 3.8) is 0 Å². The molecule has 0 amide bonds. The molecule has 0 radical (unpaired) electrons. The molecule has 1 saturated heterocycles. The van der Waals surface area contributed by atoms with Gasteiger partial charge < -0.3 is 5.32 Å². The fraction of sp³-hybridized carbons (Fsp3) is 0.375. The molecule has 122 valence electrons. The van der Waals surface area contributed by atoms with Gasteiger partial charge in [0.25, 0.3) is 0 Å². The van der Waals surface area contributed by atoms with Crippen LogP contribution in [0.3, 0.4) is 0 Å². The van der Waals surface area contributed by atoms with E-state index in [2.05, 4.69) is 21.7 Å². The van der Waals surface area contributed by atoms with Gasteiger partial charge in [-0.1, -0.05) is 23.8 Å². The highest BCUT2D eigenvalue weighted by atomic mass is 35.5. The summed E-state index contributed by atoms with van der Waals surface area (Å²) in [6.07, 6.45) is 0. The molecule has 2 heterocycles. The highest BCUT2D eigenvalue weighted by Gasteiger charge is 2.26. The first-order chi connectivity index (χ1) is 9.75. The van der Waals surface area contributed by atoms with E-state index in [4.69, 9.17) is 0 Å². The Morgan fingerprint density at radius 1 is 1.18 bits per heavy atom. The van der Waals surface area contributed by atoms with Crippen molar-refractivity contribution >= 4 is 36.2 Å². The van der Waals surface area contributed by atoms with Crippen LogP contribution in [0, 0.1) is 12.7 Å². The van der Waals surface area contributed by atoms with Crippen LogP contribution in [0.4, 0.5) is 4.39 Å². The van der Waals surface area contributed by atoms with Crippen LogP contribution in [0.1, 0.15) is 22.0 Å². The second-order valence-electron chi connectivity index (χ2n) is 5.23. The highest BCUT2D eigenvalue weighted by molar-refractivity contribution is 7.10. The third-order valence-electron chi connectivity index (χ3n) is 3.78. The summed E-state index contributed by atoms with van der Waals surface area (Å²) < 4.78 is 14.3. The van der Waals surface area contributed by atoms with Gasteiger partial charge in [0.2, 0.25) is 0 Å². The molecule has 6 heteroatoms. The monoisotopic (exact) mass is 362 g/mol. The molecule has 1 aromatic carbocycles. The van der Waals surface area contributed by atoms with Crippen molar-refractivity contribution in [3.05, 3.63) is 57.5 Å². The van der Waals surface area contributed by atoms with Crippen molar-refractivity contribution < 1.29 is 4.39 Å². The minimum absolute atomic E-state index is 0. The van der Waals surface area contributed by atoms with Gasteiger partial charge in [0.15, 0.2) is 0 Å². The number of aryl methyl sites for hydroxylation is 1. The van der Waals surface area contributed by atoms with Gasteiger partial charge in [0.05, 0.1) is 6.04 Å². The Balaban J connectivity index is 0.00000121. The van der Waals surface area contributed by atoms with Crippen LogP contribution in [-0.4, -0.2) is 31.1 Å². The first-order valence-electron chi connectivity index (χ1n) is 7.00. The Bertz CT molecular complexity index is 572. The molecule has 1 aliphatic heterocycles. The molecule has 0 bridgehead atoms. The van der Waals surface area contributed by atoms with Crippen molar-refractivity contribution in [2.45, 2.75) is 13.0 Å². The van der Waals surface area contributed by atoms with E-state index in [0.29, 0.717) is 0 Å². The van der Waals surface area contributed by atoms with Crippen LogP contribution in [-0.2, 0) is 0 Å². The van der Waals surface area contributed by atoms with Crippen molar-refractivity contribution in [3.8, 4) is 0 Å². The average molecular weight is 363 g/mol. The lowest BCUT2D eigenvalue weighted by Gasteiger charge is -2.35. The minimum Gasteiger partial charge on any atom is -0.314 e. The predicted molar refractivity (Wildman–Crippen MR) is 96.2 cm³/mol. The molecule has 0 saturated carbocycles. The summed E-state index contributed by atoms with van der Waals surface area (Å²) in [4.78, 5) is 3.59. The third-order valence-corrected chi connectivity index (χ3v) is 4.70. The van der Waals surface area contributed by atoms with Crippen molar-refractivity contribution in [2.75, 3.05) is 26.2 Å². The predicted octanol–water partition coefficient (Wildman–Crippen LogP) is 4.03. The van der Waals surface area contributed by atoms with Gasteiger partial charge in [-0.25, -0.2) is 4.39 Å². The van der Waals surface area contributed by atoms with Gasteiger partial charge >= 0.3 is 0 Å². The molecule has 0 spiro atoms. The van der Waals surface area contributed by atoms with Gasteiger partial charge in [-0.2, -0.15) is 0 Å². The lowest BCUT2D eigenvalue weighted by atomic mass is 10.00. The van der Waals surface area contributed by atoms with Crippen molar-refractivity contribution in [1.29, 1.82) is 0 Å². The molecular formula is C16H21Cl2FN2S. The topological polar surface area (TPSA) is 15.3 Å². The van der Waals surface area contributed by atoms with Gasteiger partial charge in [0.1, 0.15) is 5.82 Å². The van der Waals surface area contributed by atoms with Crippen LogP contribution in [0.5, 0.6) is 0 Å². The van der Waals surface area contributed by atoms with Crippen LogP contribution >= 0.6 is 36.2 Å². The van der Waals surface area contributed by atoms with Crippen LogP contribution in [0.25, 0.3) is 0 Å². The lowest BCUT2D eigenvalue weighted by Crippen LogP contribution is -2.45. The fourth-order valence-corrected chi connectivity index (χ4v) is 3.67. The minimum atomic E-state index is -0.104. The molecule has 1 atom stereocenters. The van der Waals surface area contributed by atoms with E-state index < -0.39 is 0 Å². The Morgan fingerprint density at radius 3 is 2.55 bits per heavy atom. The SMILES string of the molecule is Cc1ccc(F)c([C@H](c2cccs2)N2CCNCC2)c1.Cl.Cl. The summed E-state index contributed by atoms with van der Waals surface area (Å²) in [5, 5.41) is 5.43. The highest BCUT2D eigenvalue weighted by Crippen LogP contribution is 2.33. The summed E-state index contributed by atoms with van der Waals surface area (Å²) in [6, 6.07) is 9.61. The van der Waals surface area contributed by atoms with Crippen LogP contribution in [0.2, 0.25) is 0 Å². The molecule has 1 aliphatic rings. The molecule has 0 aliphatic carbocycles. The zero-order chi connectivity index (χ0) is 13.9. The smallest absolute Gasteiger partial charge is 0.128 e. The zero-order valence-electron chi connectivity index (χ0n) is 12.4. The number of nitrogens with zero attached hydrogens (tertiary/aromatic N) is 1. The van der Waals surface area contributed by atoms with E-state index in [1.807, 2.05) is 25.1 Å². The Kier molecular flexibility index (Phi) is 7.80. The van der Waals surface area contributed by atoms with Crippen molar-refractivity contribution in [1.82, 2.24) is 10.2 Å². The van der Waals surface area contributed by atoms with E-state index in [1.54, 1.807) is 17.4 Å². The summed E-state index contributed by atoms with van der Waals surface area (Å²) in [5.74, 6) is -0.104. The molecule has 1 N–H and O–H groups in total. The summed E-state index contributed by atoms with van der Waals surface area (Å²) in [7, 11) is 0. The largest absolute Gasteiger partial charge is 0.314 e. The van der Waals surface area contributed by atoms with E-state index in [0.717, 1.165) is 37.3 Å². The van der Waals surface area contributed by atoms with Crippen LogP contribution in [0.15, 0.2) is 35.7 Å². The quantitative estimate of drug-likeness (QED) is 0.886. The summed E-state index contributed by atoms with van der Waals surface area (Å²) >= 11 is 1.71. The first-order valence-corrected chi connectivity index (χ1v) is 7.88. The summed E-state index contributed by atoms with van der Waals surface area (Å²) in [5.41, 5.74) is 1.91. The number of hydrogen-bond donors (Lipinski definition) is 1. The number of nitrogens with one attached hydrogen (secondary N) is 1. The maximum Gasteiger partial charge on any atom is 0.128 e. The Labute approximate surface area is 147 Å². The van der Waals surface area contributed by atoms with Gasteiger partial charge in [-0.05, 0) is 24.4 Å². The molecule has 1 aromatic heterocycles. The maximum atomic E-state index is 14.3. The van der Waals surface area contributed by atoms with E-state index in [1.165, 1.54) is 4.88 Å². The van der Waals surface area contributed by atoms with E-state index >= 15 is 0 Å². The average Bonchev–Trinajstić information content (AvgIpc) is 2.98. The standard InChI is InChI=1S/C16H19FN2S.2ClH/c1-12-4-5-14(17)13(11-12)16(15-3-2-10-20-15)19-8-6-18-7-9-19;;/h2-5,10-11,16,18H,6-9H2,1H3;2*1H/t16-;;/m1../s1. The molecule has 2 nitrogen and oxygen atoms in total. The maximum absolute atomic E-state index is 14.3. The normalized spacial score (nSPS) is 16.5. The van der Waals surface area contributed by atoms with Gasteiger partial charge in [-0.15, -0.1) is 36.2 Å². The van der Waals surface area contributed by atoms with E-state index in [-0.39, 0.29) is 36.7 Å². The summed E-state index contributed by atoms with van der Waals surface area (Å²) in [6.45, 7) is 5.86. The molecule has 22 heavy (non-hydrogen) atoms. The number of rotatable bonds is 3. The second-order valence-corrected chi connectivity index (χ2v) is 6.21. The molecular weight excluding hydrogens is 342 g/mol. The van der Waals surface area contributed by atoms with Crippen molar-refractivity contribution in [2.24, 2.45) is 0 Å². The number of halogens is 3. The molecule has 2 aromatic rings. The number of piperazine rings is 1. The second kappa shape index (κ2) is 8.85. The Hall–Kier alpha value is -0.650. The molecule has 3 rings (SSSR count). The molecule has 0 unspecified atom stereocenters. The lowest BCUT2D eigenvalue weighted by molar-refractivity contribution is 0.197. The third kappa shape index (κ3) is 4.21. The van der Waals surface area contributed by atoms with Gasteiger partial charge in [0, 0.05) is 36.6 Å². The van der Waals surface area contributed by atoms with E-state index in [9.17, 15) is 4.39 Å². The first kappa shape index (κ1) is 19.4. The molecule has 1 fully saturated rings. The number of thiophene rings is 1. The number of hydrogen-bond acceptors (Lipinski definition) is 3. The zero-order valence-corrected chi connectivity index (χ0v) is 14.9. The fourth-order valence-electron chi connectivity index (χ4n) is 2.79. The van der Waals surface area contributed by atoms with Crippen LogP contribution < -0.4 is 5.32 Å². The van der Waals surface area contributed by atoms with Gasteiger partial charge in [-0.3, -0.25) is 4.90 Å². The Morgan fingerprint density at radius 2 is 1.91 bits per heavy atom. The number of benzene rings is 1.